The van der Waals surface area contributed by atoms with Crippen LogP contribution in [0.3, 0.4) is 0 Å². The maximum atomic E-state index is 11.5. The Morgan fingerprint density at radius 1 is 1.58 bits per heavy atom. The highest BCUT2D eigenvalue weighted by atomic mass is 16.2. The van der Waals surface area contributed by atoms with Gasteiger partial charge in [0.05, 0.1) is 0 Å². The highest BCUT2D eigenvalue weighted by molar-refractivity contribution is 5.76. The van der Waals surface area contributed by atoms with Crippen LogP contribution in [-0.2, 0) is 4.79 Å². The lowest BCUT2D eigenvalue weighted by molar-refractivity contribution is -0.131. The highest BCUT2D eigenvalue weighted by Gasteiger charge is 2.31. The third-order valence-electron chi connectivity index (χ3n) is 2.14. The minimum absolute atomic E-state index is 0.283. The zero-order valence-corrected chi connectivity index (χ0v) is 7.75. The zero-order chi connectivity index (χ0) is 8.97. The minimum Gasteiger partial charge on any atom is -0.338 e. The molecule has 0 spiro atoms. The smallest absolute Gasteiger partial charge is 0.222 e. The molecule has 1 rings (SSSR count). The summed E-state index contributed by atoms with van der Waals surface area (Å²) in [5, 5.41) is 0. The Bertz CT molecular complexity index is 155. The number of hydrogen-bond acceptors (Lipinski definition) is 2. The van der Waals surface area contributed by atoms with Crippen molar-refractivity contribution in [2.75, 3.05) is 13.1 Å². The predicted molar refractivity (Wildman–Crippen MR) is 48.7 cm³/mol. The first-order valence-electron chi connectivity index (χ1n) is 4.79. The Morgan fingerprint density at radius 2 is 2.25 bits per heavy atom. The van der Waals surface area contributed by atoms with Crippen LogP contribution in [-0.4, -0.2) is 29.9 Å². The lowest BCUT2D eigenvalue weighted by Gasteiger charge is -2.21. The van der Waals surface area contributed by atoms with Crippen LogP contribution >= 0.6 is 0 Å². The maximum absolute atomic E-state index is 11.5. The number of carbonyl (C=O) groups excluding carboxylic acids is 1. The van der Waals surface area contributed by atoms with E-state index in [0.717, 1.165) is 13.0 Å². The van der Waals surface area contributed by atoms with Gasteiger partial charge in [-0.15, -0.1) is 0 Å². The summed E-state index contributed by atoms with van der Waals surface area (Å²) < 4.78 is 0. The summed E-state index contributed by atoms with van der Waals surface area (Å²) >= 11 is 0. The predicted octanol–water partition coefficient (Wildman–Crippen LogP) is 0.736. The number of hydrogen-bond donors (Lipinski definition) is 1. The molecule has 3 heteroatoms. The van der Waals surface area contributed by atoms with E-state index in [9.17, 15) is 4.79 Å². The van der Waals surface area contributed by atoms with Gasteiger partial charge in [0.25, 0.3) is 0 Å². The molecule has 1 amide bonds. The average molecular weight is 170 g/mol. The van der Waals surface area contributed by atoms with E-state index in [1.54, 1.807) is 0 Å². The third-order valence-corrected chi connectivity index (χ3v) is 2.14. The monoisotopic (exact) mass is 170 g/mol. The van der Waals surface area contributed by atoms with E-state index in [1.165, 1.54) is 12.8 Å². The number of amides is 1. The molecule has 0 bridgehead atoms. The van der Waals surface area contributed by atoms with Crippen molar-refractivity contribution in [1.82, 2.24) is 4.90 Å². The van der Waals surface area contributed by atoms with Crippen LogP contribution < -0.4 is 5.73 Å². The fourth-order valence-corrected chi connectivity index (χ4v) is 1.39. The molecule has 70 valence electrons. The van der Waals surface area contributed by atoms with E-state index < -0.39 is 0 Å². The molecular formula is C9H18N2O. The van der Waals surface area contributed by atoms with Crippen molar-refractivity contribution in [2.45, 2.75) is 38.6 Å². The first kappa shape index (κ1) is 9.52. The molecule has 12 heavy (non-hydrogen) atoms. The number of nitrogens with zero attached hydrogens (tertiary/aromatic N) is 1. The Hall–Kier alpha value is -0.570. The van der Waals surface area contributed by atoms with Crippen LogP contribution in [0.4, 0.5) is 0 Å². The Balaban J connectivity index is 2.34. The Kier molecular flexibility index (Phi) is 3.53. The highest BCUT2D eigenvalue weighted by Crippen LogP contribution is 2.26. The van der Waals surface area contributed by atoms with Crippen LogP contribution in [0.25, 0.3) is 0 Å². The van der Waals surface area contributed by atoms with Gasteiger partial charge in [-0.25, -0.2) is 0 Å². The largest absolute Gasteiger partial charge is 0.338 e. The van der Waals surface area contributed by atoms with E-state index >= 15 is 0 Å². The van der Waals surface area contributed by atoms with Gasteiger partial charge >= 0.3 is 0 Å². The molecular weight excluding hydrogens is 152 g/mol. The second kappa shape index (κ2) is 4.45. The normalized spacial score (nSPS) is 16.2. The van der Waals surface area contributed by atoms with Gasteiger partial charge in [0.1, 0.15) is 0 Å². The summed E-state index contributed by atoms with van der Waals surface area (Å²) in [6, 6.07) is 0.521. The summed E-state index contributed by atoms with van der Waals surface area (Å²) in [7, 11) is 0. The standard InChI is InChI=1S/C9H18N2O/c1-2-3-9(12)11(7-6-10)8-4-5-8/h8H,2-7,10H2,1H3. The van der Waals surface area contributed by atoms with Crippen LogP contribution in [0.5, 0.6) is 0 Å². The number of carbonyl (C=O) groups is 1. The lowest BCUT2D eigenvalue weighted by atomic mass is 10.3. The van der Waals surface area contributed by atoms with Crippen molar-refractivity contribution >= 4 is 5.91 Å². The average Bonchev–Trinajstić information content (AvgIpc) is 2.83. The lowest BCUT2D eigenvalue weighted by Crippen LogP contribution is -2.36. The molecule has 0 aromatic rings. The molecule has 0 unspecified atom stereocenters. The van der Waals surface area contributed by atoms with Gasteiger partial charge in [-0.05, 0) is 19.3 Å². The first-order valence-corrected chi connectivity index (χ1v) is 4.79. The van der Waals surface area contributed by atoms with Crippen molar-refractivity contribution in [3.05, 3.63) is 0 Å². The molecule has 0 saturated heterocycles. The second-order valence-corrected chi connectivity index (χ2v) is 3.36. The van der Waals surface area contributed by atoms with E-state index in [4.69, 9.17) is 5.73 Å². The topological polar surface area (TPSA) is 46.3 Å². The van der Waals surface area contributed by atoms with E-state index in [0.29, 0.717) is 19.0 Å². The van der Waals surface area contributed by atoms with Crippen LogP contribution in [0.1, 0.15) is 32.6 Å². The first-order chi connectivity index (χ1) is 5.79. The van der Waals surface area contributed by atoms with Gasteiger partial charge in [0.15, 0.2) is 0 Å². The molecule has 0 radical (unpaired) electrons. The molecule has 0 aromatic heterocycles. The van der Waals surface area contributed by atoms with Gasteiger partial charge in [-0.1, -0.05) is 6.92 Å². The van der Waals surface area contributed by atoms with E-state index in [1.807, 2.05) is 11.8 Å². The molecule has 1 aliphatic rings. The molecule has 1 aliphatic carbocycles. The van der Waals surface area contributed by atoms with Crippen LogP contribution in [0, 0.1) is 0 Å². The quantitative estimate of drug-likeness (QED) is 0.661. The maximum Gasteiger partial charge on any atom is 0.222 e. The van der Waals surface area contributed by atoms with Crippen molar-refractivity contribution in [3.63, 3.8) is 0 Å². The van der Waals surface area contributed by atoms with Crippen molar-refractivity contribution < 1.29 is 4.79 Å². The third kappa shape index (κ3) is 2.48. The molecule has 0 aliphatic heterocycles. The molecule has 0 heterocycles. The van der Waals surface area contributed by atoms with E-state index in [-0.39, 0.29) is 5.91 Å². The fraction of sp³-hybridized carbons (Fsp3) is 0.889. The fourth-order valence-electron chi connectivity index (χ4n) is 1.39. The molecule has 3 nitrogen and oxygen atoms in total. The molecule has 0 atom stereocenters. The molecule has 2 N–H and O–H groups in total. The SMILES string of the molecule is CCCC(=O)N(CCN)C1CC1. The summed E-state index contributed by atoms with van der Waals surface area (Å²) in [6.07, 6.45) is 3.97. The number of rotatable bonds is 5. The van der Waals surface area contributed by atoms with Gasteiger partial charge in [-0.2, -0.15) is 0 Å². The Morgan fingerprint density at radius 3 is 2.67 bits per heavy atom. The van der Waals surface area contributed by atoms with Crippen molar-refractivity contribution in [1.29, 1.82) is 0 Å². The molecule has 1 saturated carbocycles. The second-order valence-electron chi connectivity index (χ2n) is 3.36. The summed E-state index contributed by atoms with van der Waals surface area (Å²) in [5.74, 6) is 0.283. The van der Waals surface area contributed by atoms with Gasteiger partial charge in [0, 0.05) is 25.6 Å². The zero-order valence-electron chi connectivity index (χ0n) is 7.75. The van der Waals surface area contributed by atoms with Crippen LogP contribution in [0.2, 0.25) is 0 Å². The van der Waals surface area contributed by atoms with Gasteiger partial charge in [0.2, 0.25) is 5.91 Å². The minimum atomic E-state index is 0.283. The Labute approximate surface area is 73.9 Å². The van der Waals surface area contributed by atoms with Crippen molar-refractivity contribution in [3.8, 4) is 0 Å². The summed E-state index contributed by atoms with van der Waals surface area (Å²) in [5.41, 5.74) is 5.44. The summed E-state index contributed by atoms with van der Waals surface area (Å²) in [6.45, 7) is 3.36. The molecule has 1 fully saturated rings. The summed E-state index contributed by atoms with van der Waals surface area (Å²) in [4.78, 5) is 13.4. The van der Waals surface area contributed by atoms with Crippen molar-refractivity contribution in [2.24, 2.45) is 5.73 Å². The van der Waals surface area contributed by atoms with Gasteiger partial charge < -0.3 is 10.6 Å². The van der Waals surface area contributed by atoms with E-state index in [2.05, 4.69) is 0 Å². The number of nitrogens with two attached hydrogens (primary N) is 1. The van der Waals surface area contributed by atoms with Crippen LogP contribution in [0.15, 0.2) is 0 Å². The van der Waals surface area contributed by atoms with Gasteiger partial charge in [-0.3, -0.25) is 4.79 Å². The molecule has 0 aromatic carbocycles.